The Balaban J connectivity index is 0.000000480. The van der Waals surface area contributed by atoms with Crippen LogP contribution in [0.1, 0.15) is 37.1 Å². The molecule has 0 bridgehead atoms. The number of fused-ring (bicyclic) bond motifs is 1. The molecule has 0 aliphatic rings. The molecular formula is C32H38ClN3O7. The predicted octanol–water partition coefficient (Wildman–Crippen LogP) is 5.67. The van der Waals surface area contributed by atoms with Gasteiger partial charge in [-0.25, -0.2) is 4.79 Å². The van der Waals surface area contributed by atoms with Crippen LogP contribution in [0.2, 0.25) is 5.02 Å². The number of nitrogens with one attached hydrogen (secondary N) is 2. The normalized spacial score (nSPS) is 11.9. The monoisotopic (exact) mass is 611 g/mol. The lowest BCUT2D eigenvalue weighted by Crippen LogP contribution is -2.32. The Morgan fingerprint density at radius 2 is 1.74 bits per heavy atom. The van der Waals surface area contributed by atoms with Gasteiger partial charge in [0.25, 0.3) is 0 Å². The van der Waals surface area contributed by atoms with E-state index in [1.807, 2.05) is 55.5 Å². The second-order valence-electron chi connectivity index (χ2n) is 9.63. The second-order valence-corrected chi connectivity index (χ2v) is 10.1. The number of carbonyl (C=O) groups excluding carboxylic acids is 2. The first kappa shape index (κ1) is 33.1. The number of aliphatic hydroxyl groups excluding tert-OH is 1. The van der Waals surface area contributed by atoms with E-state index in [-0.39, 0.29) is 24.9 Å². The number of benzene rings is 3. The van der Waals surface area contributed by atoms with Crippen molar-refractivity contribution < 1.29 is 34.0 Å². The minimum atomic E-state index is -0.742. The third kappa shape index (κ3) is 10.1. The van der Waals surface area contributed by atoms with Gasteiger partial charge in [0.2, 0.25) is 6.41 Å². The number of aliphatic hydroxyl groups is 1. The minimum absolute atomic E-state index is 0.0886. The molecule has 0 saturated heterocycles. The summed E-state index contributed by atoms with van der Waals surface area (Å²) < 4.78 is 15.1. The van der Waals surface area contributed by atoms with E-state index >= 15 is 0 Å². The van der Waals surface area contributed by atoms with Gasteiger partial charge in [-0.2, -0.15) is 0 Å². The van der Waals surface area contributed by atoms with Crippen molar-refractivity contribution in [3.05, 3.63) is 89.1 Å². The van der Waals surface area contributed by atoms with Crippen molar-refractivity contribution in [1.82, 2.24) is 15.2 Å². The van der Waals surface area contributed by atoms with Crippen LogP contribution in [0, 0.1) is 0 Å². The average molecular weight is 612 g/mol. The summed E-state index contributed by atoms with van der Waals surface area (Å²) in [4.78, 5) is 28.2. The molecule has 1 aromatic heterocycles. The number of phenolic OH excluding ortho intramolecular Hbond substituents is 1. The number of hydrogen-bond acceptors (Lipinski definition) is 7. The maximum Gasteiger partial charge on any atom is 0.406 e. The number of alkyl carbamates (subject to hydrolysis) is 1. The van der Waals surface area contributed by atoms with Gasteiger partial charge in [0.15, 0.2) is 0 Å². The molecule has 0 spiro atoms. The van der Waals surface area contributed by atoms with Crippen molar-refractivity contribution in [3.8, 4) is 17.2 Å². The highest BCUT2D eigenvalue weighted by atomic mass is 35.5. The zero-order chi connectivity index (χ0) is 31.2. The summed E-state index contributed by atoms with van der Waals surface area (Å²) in [7, 11) is 2.86. The van der Waals surface area contributed by atoms with E-state index in [1.54, 1.807) is 36.3 Å². The molecule has 2 amide bonds. The first-order chi connectivity index (χ1) is 20.8. The highest BCUT2D eigenvalue weighted by Crippen LogP contribution is 2.32. The van der Waals surface area contributed by atoms with Crippen LogP contribution >= 0.6 is 11.6 Å². The van der Waals surface area contributed by atoms with Crippen molar-refractivity contribution in [1.29, 1.82) is 0 Å². The Kier molecular flexibility index (Phi) is 13.0. The maximum atomic E-state index is 11.9. The van der Waals surface area contributed by atoms with Crippen LogP contribution < -0.4 is 14.8 Å². The zero-order valence-corrected chi connectivity index (χ0v) is 25.2. The SMILES string of the molecule is CCCN(C=O)C(c1ccc(OCCC(O)CNC(=O)OC)cc1)c1cc2cc(Cl)ccc2[nH]1.COc1ccc(O)cc1. The summed E-state index contributed by atoms with van der Waals surface area (Å²) in [6, 6.07) is 21.5. The molecule has 0 saturated carbocycles. The van der Waals surface area contributed by atoms with Crippen LogP contribution in [0.3, 0.4) is 0 Å². The molecule has 0 fully saturated rings. The number of ether oxygens (including phenoxy) is 3. The minimum Gasteiger partial charge on any atom is -0.508 e. The molecular weight excluding hydrogens is 574 g/mol. The van der Waals surface area contributed by atoms with Gasteiger partial charge < -0.3 is 39.6 Å². The molecule has 1 heterocycles. The maximum absolute atomic E-state index is 11.9. The van der Waals surface area contributed by atoms with E-state index in [0.29, 0.717) is 23.7 Å². The molecule has 11 heteroatoms. The Labute approximate surface area is 256 Å². The molecule has 43 heavy (non-hydrogen) atoms. The lowest BCUT2D eigenvalue weighted by atomic mass is 10.0. The van der Waals surface area contributed by atoms with Crippen molar-refractivity contribution in [2.24, 2.45) is 0 Å². The first-order valence-electron chi connectivity index (χ1n) is 13.8. The number of carbonyl (C=O) groups is 2. The van der Waals surface area contributed by atoms with E-state index in [1.165, 1.54) is 7.11 Å². The summed E-state index contributed by atoms with van der Waals surface area (Å²) in [6.45, 7) is 3.02. The van der Waals surface area contributed by atoms with Crippen molar-refractivity contribution in [2.45, 2.75) is 31.9 Å². The molecule has 10 nitrogen and oxygen atoms in total. The molecule has 230 valence electrons. The number of nitrogens with zero attached hydrogens (tertiary/aromatic N) is 1. The fraction of sp³-hybridized carbons (Fsp3) is 0.312. The fourth-order valence-corrected chi connectivity index (χ4v) is 4.52. The average Bonchev–Trinajstić information content (AvgIpc) is 3.43. The van der Waals surface area contributed by atoms with E-state index < -0.39 is 12.2 Å². The van der Waals surface area contributed by atoms with Crippen LogP contribution in [-0.2, 0) is 9.53 Å². The summed E-state index contributed by atoms with van der Waals surface area (Å²) in [6.07, 6.45) is 0.724. The van der Waals surface area contributed by atoms with Gasteiger partial charge >= 0.3 is 6.09 Å². The number of methoxy groups -OCH3 is 2. The number of amides is 2. The molecule has 4 N–H and O–H groups in total. The predicted molar refractivity (Wildman–Crippen MR) is 166 cm³/mol. The molecule has 0 radical (unpaired) electrons. The van der Waals surface area contributed by atoms with Crippen molar-refractivity contribution in [2.75, 3.05) is 33.9 Å². The van der Waals surface area contributed by atoms with Gasteiger partial charge in [-0.15, -0.1) is 0 Å². The molecule has 2 unspecified atom stereocenters. The topological polar surface area (TPSA) is 133 Å². The molecule has 4 rings (SSSR count). The van der Waals surface area contributed by atoms with Gasteiger partial charge in [0.1, 0.15) is 17.2 Å². The Hall–Kier alpha value is -4.41. The second kappa shape index (κ2) is 16.9. The van der Waals surface area contributed by atoms with Crippen LogP contribution in [0.5, 0.6) is 17.2 Å². The van der Waals surface area contributed by atoms with Gasteiger partial charge in [-0.3, -0.25) is 4.79 Å². The van der Waals surface area contributed by atoms with Gasteiger partial charge in [-0.05, 0) is 72.6 Å². The number of aromatic amines is 1. The zero-order valence-electron chi connectivity index (χ0n) is 24.5. The van der Waals surface area contributed by atoms with Crippen molar-refractivity contribution >= 4 is 35.0 Å². The van der Waals surface area contributed by atoms with Crippen molar-refractivity contribution in [3.63, 3.8) is 0 Å². The number of aromatic nitrogens is 1. The number of aromatic hydroxyl groups is 1. The quantitative estimate of drug-likeness (QED) is 0.143. The number of H-pyrrole nitrogens is 1. The third-order valence-electron chi connectivity index (χ3n) is 6.50. The van der Waals surface area contributed by atoms with Crippen LogP contribution in [0.15, 0.2) is 72.8 Å². The summed E-state index contributed by atoms with van der Waals surface area (Å²) in [5.41, 5.74) is 2.78. The lowest BCUT2D eigenvalue weighted by molar-refractivity contribution is -0.119. The Bertz CT molecular complexity index is 1430. The smallest absolute Gasteiger partial charge is 0.406 e. The molecule has 4 aromatic rings. The highest BCUT2D eigenvalue weighted by molar-refractivity contribution is 6.31. The summed E-state index contributed by atoms with van der Waals surface area (Å²) in [5.74, 6) is 1.66. The van der Waals surface area contributed by atoms with Gasteiger partial charge in [0, 0.05) is 41.1 Å². The van der Waals surface area contributed by atoms with Gasteiger partial charge in [-0.1, -0.05) is 30.7 Å². The van der Waals surface area contributed by atoms with E-state index in [4.69, 9.17) is 26.2 Å². The van der Waals surface area contributed by atoms with Gasteiger partial charge in [0.05, 0.1) is 33.0 Å². The Morgan fingerprint density at radius 1 is 1.05 bits per heavy atom. The number of rotatable bonds is 13. The van der Waals surface area contributed by atoms with E-state index in [2.05, 4.69) is 15.0 Å². The number of hydrogen-bond donors (Lipinski definition) is 4. The molecule has 0 aliphatic heterocycles. The largest absolute Gasteiger partial charge is 0.508 e. The number of halogens is 1. The molecule has 2 atom stereocenters. The standard InChI is InChI=1S/C25H30ClN3O5.C7H8O2/c1-3-11-29(16-30)24(23-14-18-13-19(26)6-9-22(18)28-23)17-4-7-21(8-5-17)34-12-10-20(31)15-27-25(32)33-2;1-9-7-4-2-6(8)3-5-7/h4-9,13-14,16,20,24,28,31H,3,10-12,15H2,1-2H3,(H,27,32);2-5,8H,1H3. The number of phenols is 1. The van der Waals surface area contributed by atoms with Crippen LogP contribution in [0.4, 0.5) is 4.79 Å². The molecule has 0 aliphatic carbocycles. The van der Waals surface area contributed by atoms with Crippen LogP contribution in [0.25, 0.3) is 10.9 Å². The van der Waals surface area contributed by atoms with E-state index in [0.717, 1.165) is 40.7 Å². The lowest BCUT2D eigenvalue weighted by Gasteiger charge is -2.28. The van der Waals surface area contributed by atoms with Crippen LogP contribution in [-0.4, -0.2) is 72.6 Å². The highest BCUT2D eigenvalue weighted by Gasteiger charge is 2.23. The first-order valence-corrected chi connectivity index (χ1v) is 14.2. The Morgan fingerprint density at radius 3 is 2.37 bits per heavy atom. The summed E-state index contributed by atoms with van der Waals surface area (Å²) in [5, 5.41) is 22.8. The molecule has 3 aromatic carbocycles. The third-order valence-corrected chi connectivity index (χ3v) is 6.74. The fourth-order valence-electron chi connectivity index (χ4n) is 4.34. The van der Waals surface area contributed by atoms with E-state index in [9.17, 15) is 14.7 Å². The summed E-state index contributed by atoms with van der Waals surface area (Å²) >= 11 is 6.15.